The number of thiophene rings is 1. The summed E-state index contributed by atoms with van der Waals surface area (Å²) in [6.07, 6.45) is 0. The van der Waals surface area contributed by atoms with Crippen molar-refractivity contribution < 1.29 is 4.42 Å². The number of rotatable bonds is 4. The average Bonchev–Trinajstić information content (AvgIpc) is 3.66. The predicted octanol–water partition coefficient (Wildman–Crippen LogP) is 11.4. The van der Waals surface area contributed by atoms with E-state index in [9.17, 15) is 0 Å². The molecule has 0 aliphatic carbocycles. The number of furan rings is 1. The minimum atomic E-state index is 0.729. The molecule has 0 saturated heterocycles. The monoisotopic (exact) mass is 580 g/mol. The maximum atomic E-state index is 6.09. The second kappa shape index (κ2) is 10.0. The molecule has 3 heterocycles. The molecule has 44 heavy (non-hydrogen) atoms. The molecule has 0 N–H and O–H groups in total. The van der Waals surface area contributed by atoms with Gasteiger partial charge >= 0.3 is 0 Å². The summed E-state index contributed by atoms with van der Waals surface area (Å²) in [5.74, 6) is 0.729. The Morgan fingerprint density at radius 2 is 1.07 bits per heavy atom. The minimum Gasteiger partial charge on any atom is -0.456 e. The second-order valence-electron chi connectivity index (χ2n) is 11.0. The molecule has 9 aromatic rings. The number of para-hydroxylation sites is 1. The van der Waals surface area contributed by atoms with Gasteiger partial charge in [0.1, 0.15) is 11.2 Å². The zero-order chi connectivity index (χ0) is 29.0. The van der Waals surface area contributed by atoms with Crippen molar-refractivity contribution in [2.24, 2.45) is 0 Å². The highest BCUT2D eigenvalue weighted by atomic mass is 32.1. The second-order valence-corrected chi connectivity index (χ2v) is 12.1. The van der Waals surface area contributed by atoms with Crippen LogP contribution in [-0.2, 0) is 0 Å². The highest BCUT2D eigenvalue weighted by Gasteiger charge is 2.17. The smallest absolute Gasteiger partial charge is 0.161 e. The molecule has 3 aromatic heterocycles. The molecule has 9 rings (SSSR count). The molecule has 0 aliphatic rings. The molecule has 0 saturated carbocycles. The van der Waals surface area contributed by atoms with Gasteiger partial charge in [-0.15, -0.1) is 11.3 Å². The van der Waals surface area contributed by atoms with Gasteiger partial charge in [0.2, 0.25) is 0 Å². The molecule has 0 unspecified atom stereocenters. The van der Waals surface area contributed by atoms with E-state index in [4.69, 9.17) is 14.4 Å². The lowest BCUT2D eigenvalue weighted by Gasteiger charge is -2.10. The molecule has 0 fully saturated rings. The number of aromatic nitrogens is 2. The summed E-state index contributed by atoms with van der Waals surface area (Å²) in [6.45, 7) is 0. The maximum Gasteiger partial charge on any atom is 0.161 e. The molecule has 4 heteroatoms. The Balaban J connectivity index is 1.25. The van der Waals surface area contributed by atoms with E-state index in [-0.39, 0.29) is 0 Å². The maximum absolute atomic E-state index is 6.09. The summed E-state index contributed by atoms with van der Waals surface area (Å²) in [4.78, 5) is 10.3. The predicted molar refractivity (Wildman–Crippen MR) is 184 cm³/mol. The summed E-state index contributed by atoms with van der Waals surface area (Å²) in [5.41, 5.74) is 9.15. The molecule has 0 amide bonds. The van der Waals surface area contributed by atoms with Crippen molar-refractivity contribution in [2.75, 3.05) is 0 Å². The van der Waals surface area contributed by atoms with Crippen LogP contribution in [0.15, 0.2) is 150 Å². The zero-order valence-corrected chi connectivity index (χ0v) is 24.4. The molecule has 3 nitrogen and oxygen atoms in total. The van der Waals surface area contributed by atoms with E-state index in [2.05, 4.69) is 121 Å². The number of benzene rings is 6. The molecule has 206 valence electrons. The molecule has 0 atom stereocenters. The van der Waals surface area contributed by atoms with Crippen LogP contribution in [0.3, 0.4) is 0 Å². The van der Waals surface area contributed by atoms with Gasteiger partial charge in [-0.1, -0.05) is 103 Å². The number of hydrogen-bond acceptors (Lipinski definition) is 4. The topological polar surface area (TPSA) is 38.9 Å². The molecule has 6 aromatic carbocycles. The van der Waals surface area contributed by atoms with Gasteiger partial charge in [-0.3, -0.25) is 0 Å². The molecule has 0 radical (unpaired) electrons. The van der Waals surface area contributed by atoms with Gasteiger partial charge in [0, 0.05) is 47.6 Å². The van der Waals surface area contributed by atoms with Crippen LogP contribution >= 0.6 is 11.3 Å². The van der Waals surface area contributed by atoms with Crippen molar-refractivity contribution in [1.29, 1.82) is 0 Å². The fraction of sp³-hybridized carbons (Fsp3) is 0. The van der Waals surface area contributed by atoms with Crippen LogP contribution in [0, 0.1) is 0 Å². The van der Waals surface area contributed by atoms with Crippen LogP contribution < -0.4 is 0 Å². The number of nitrogens with zero attached hydrogens (tertiary/aromatic N) is 2. The van der Waals surface area contributed by atoms with Crippen molar-refractivity contribution >= 4 is 53.4 Å². The van der Waals surface area contributed by atoms with Crippen LogP contribution in [0.25, 0.3) is 87.1 Å². The summed E-state index contributed by atoms with van der Waals surface area (Å²) in [7, 11) is 0. The minimum absolute atomic E-state index is 0.729. The zero-order valence-electron chi connectivity index (χ0n) is 23.6. The molecule has 0 spiro atoms. The van der Waals surface area contributed by atoms with Crippen molar-refractivity contribution in [3.05, 3.63) is 146 Å². The third-order valence-corrected chi connectivity index (χ3v) is 9.45. The molecular weight excluding hydrogens is 557 g/mol. The van der Waals surface area contributed by atoms with E-state index in [1.54, 1.807) is 0 Å². The van der Waals surface area contributed by atoms with Crippen LogP contribution in [0.2, 0.25) is 0 Å². The number of fused-ring (bicyclic) bond motifs is 6. The first-order chi connectivity index (χ1) is 21.8. The van der Waals surface area contributed by atoms with Gasteiger partial charge in [-0.2, -0.15) is 0 Å². The van der Waals surface area contributed by atoms with Gasteiger partial charge in [-0.05, 0) is 53.6 Å². The first kappa shape index (κ1) is 25.0. The van der Waals surface area contributed by atoms with Gasteiger partial charge in [0.15, 0.2) is 5.82 Å². The standard InChI is InChI=1S/C40H24N2OS/c1-3-10-25(11-4-1)33-24-34(26-12-5-2-6-13-26)42-40(41-33)30-15-9-17-38-39(30)32-23-28(19-21-37(32)44-38)27-18-20-36-31(22-27)29-14-7-8-16-35(29)43-36/h1-24H. The van der Waals surface area contributed by atoms with E-state index in [0.717, 1.165) is 61.4 Å². The van der Waals surface area contributed by atoms with E-state index < -0.39 is 0 Å². The van der Waals surface area contributed by atoms with Gasteiger partial charge in [-0.25, -0.2) is 9.97 Å². The largest absolute Gasteiger partial charge is 0.456 e. The van der Waals surface area contributed by atoms with Crippen LogP contribution in [-0.4, -0.2) is 9.97 Å². The fourth-order valence-corrected chi connectivity index (χ4v) is 7.29. The Morgan fingerprint density at radius 1 is 0.432 bits per heavy atom. The average molecular weight is 581 g/mol. The third kappa shape index (κ3) is 4.11. The van der Waals surface area contributed by atoms with E-state index in [1.807, 2.05) is 35.6 Å². The lowest BCUT2D eigenvalue weighted by molar-refractivity contribution is 0.669. The quantitative estimate of drug-likeness (QED) is 0.208. The Hall–Kier alpha value is -5.58. The lowest BCUT2D eigenvalue weighted by Crippen LogP contribution is -1.96. The Morgan fingerprint density at radius 3 is 1.82 bits per heavy atom. The first-order valence-corrected chi connectivity index (χ1v) is 15.5. The Bertz CT molecular complexity index is 2440. The van der Waals surface area contributed by atoms with E-state index >= 15 is 0 Å². The van der Waals surface area contributed by atoms with Crippen molar-refractivity contribution in [3.8, 4) is 45.0 Å². The van der Waals surface area contributed by atoms with Gasteiger partial charge in [0.05, 0.1) is 11.4 Å². The van der Waals surface area contributed by atoms with Crippen LogP contribution in [0.4, 0.5) is 0 Å². The highest BCUT2D eigenvalue weighted by molar-refractivity contribution is 7.26. The van der Waals surface area contributed by atoms with Crippen LogP contribution in [0.5, 0.6) is 0 Å². The lowest BCUT2D eigenvalue weighted by atomic mass is 9.99. The SMILES string of the molecule is c1ccc(-c2cc(-c3ccccc3)nc(-c3cccc4sc5ccc(-c6ccc7oc8ccccc8c7c6)cc5c34)n2)cc1. The first-order valence-electron chi connectivity index (χ1n) is 14.7. The van der Waals surface area contributed by atoms with Crippen LogP contribution in [0.1, 0.15) is 0 Å². The summed E-state index contributed by atoms with van der Waals surface area (Å²) in [5, 5.41) is 4.67. The normalized spacial score (nSPS) is 11.6. The van der Waals surface area contributed by atoms with E-state index in [1.165, 1.54) is 25.7 Å². The molecular formula is C40H24N2OS. The van der Waals surface area contributed by atoms with Crippen molar-refractivity contribution in [1.82, 2.24) is 9.97 Å². The fourth-order valence-electron chi connectivity index (χ4n) is 6.18. The van der Waals surface area contributed by atoms with Gasteiger partial charge < -0.3 is 4.42 Å². The van der Waals surface area contributed by atoms with Gasteiger partial charge in [0.25, 0.3) is 0 Å². The Labute approximate surface area is 257 Å². The third-order valence-electron chi connectivity index (χ3n) is 8.31. The summed E-state index contributed by atoms with van der Waals surface area (Å²) in [6, 6.07) is 50.8. The Kier molecular flexibility index (Phi) is 5.68. The summed E-state index contributed by atoms with van der Waals surface area (Å²) >= 11 is 1.81. The molecule has 0 aliphatic heterocycles. The van der Waals surface area contributed by atoms with E-state index in [0.29, 0.717) is 0 Å². The summed E-state index contributed by atoms with van der Waals surface area (Å²) < 4.78 is 8.56. The van der Waals surface area contributed by atoms with Crippen molar-refractivity contribution in [2.45, 2.75) is 0 Å². The molecule has 0 bridgehead atoms. The van der Waals surface area contributed by atoms with Crippen molar-refractivity contribution in [3.63, 3.8) is 0 Å². The number of hydrogen-bond donors (Lipinski definition) is 0. The highest BCUT2D eigenvalue weighted by Crippen LogP contribution is 2.42.